The van der Waals surface area contributed by atoms with E-state index in [1.807, 2.05) is 12.1 Å². The number of para-hydroxylation sites is 1. The van der Waals surface area contributed by atoms with E-state index in [1.54, 1.807) is 26.5 Å². The second kappa shape index (κ2) is 5.78. The summed E-state index contributed by atoms with van der Waals surface area (Å²) in [6.07, 6.45) is 2.69. The summed E-state index contributed by atoms with van der Waals surface area (Å²) in [7, 11) is 3.15. The Hall–Kier alpha value is -1.68. The van der Waals surface area contributed by atoms with Gasteiger partial charge in [0.2, 0.25) is 0 Å². The van der Waals surface area contributed by atoms with Gasteiger partial charge in [-0.2, -0.15) is 0 Å². The zero-order chi connectivity index (χ0) is 13.0. The van der Waals surface area contributed by atoms with Crippen LogP contribution in [0.2, 0.25) is 0 Å². The Balaban J connectivity index is 2.34. The van der Waals surface area contributed by atoms with E-state index in [4.69, 9.17) is 14.2 Å². The Morgan fingerprint density at radius 3 is 2.72 bits per heavy atom. The minimum Gasteiger partial charge on any atom is -0.501 e. The highest BCUT2D eigenvalue weighted by molar-refractivity contribution is 5.49. The van der Waals surface area contributed by atoms with Crippen molar-refractivity contribution in [3.8, 4) is 11.5 Å². The van der Waals surface area contributed by atoms with E-state index in [0.717, 1.165) is 18.4 Å². The predicted molar refractivity (Wildman–Crippen MR) is 67.8 cm³/mol. The van der Waals surface area contributed by atoms with Crippen LogP contribution in [0.5, 0.6) is 11.5 Å². The normalized spacial score (nSPS) is 16.5. The van der Waals surface area contributed by atoms with Crippen LogP contribution in [0.1, 0.15) is 24.5 Å². The number of hydrogen-bond donors (Lipinski definition) is 1. The average Bonchev–Trinajstić information content (AvgIpc) is 2.46. The van der Waals surface area contributed by atoms with E-state index in [2.05, 4.69) is 0 Å². The van der Waals surface area contributed by atoms with Crippen LogP contribution in [0.15, 0.2) is 30.0 Å². The van der Waals surface area contributed by atoms with E-state index >= 15 is 0 Å². The van der Waals surface area contributed by atoms with Crippen LogP contribution in [-0.2, 0) is 4.74 Å². The van der Waals surface area contributed by atoms with Gasteiger partial charge in [0.05, 0.1) is 27.1 Å². The van der Waals surface area contributed by atoms with Gasteiger partial charge in [0.1, 0.15) is 6.10 Å². The third-order valence-corrected chi connectivity index (χ3v) is 3.04. The summed E-state index contributed by atoms with van der Waals surface area (Å²) in [5.41, 5.74) is 1.57. The Bertz CT molecular complexity index is 439. The van der Waals surface area contributed by atoms with E-state index in [9.17, 15) is 5.11 Å². The van der Waals surface area contributed by atoms with Crippen molar-refractivity contribution < 1.29 is 19.3 Å². The highest BCUT2D eigenvalue weighted by Crippen LogP contribution is 2.38. The maximum Gasteiger partial charge on any atom is 0.166 e. The van der Waals surface area contributed by atoms with Crippen molar-refractivity contribution in [1.29, 1.82) is 0 Å². The molecule has 4 nitrogen and oxygen atoms in total. The molecule has 18 heavy (non-hydrogen) atoms. The lowest BCUT2D eigenvalue weighted by atomic mass is 9.97. The Kier molecular flexibility index (Phi) is 4.10. The molecule has 1 aliphatic rings. The number of benzene rings is 1. The molecule has 0 spiro atoms. The first kappa shape index (κ1) is 12.8. The topological polar surface area (TPSA) is 47.9 Å². The fraction of sp³-hybridized carbons (Fsp3) is 0.429. The van der Waals surface area contributed by atoms with Crippen molar-refractivity contribution in [1.82, 2.24) is 0 Å². The summed E-state index contributed by atoms with van der Waals surface area (Å²) < 4.78 is 15.8. The predicted octanol–water partition coefficient (Wildman–Crippen LogP) is 2.43. The van der Waals surface area contributed by atoms with Gasteiger partial charge in [0.15, 0.2) is 11.5 Å². The van der Waals surface area contributed by atoms with Crippen LogP contribution in [0.25, 0.3) is 0 Å². The standard InChI is InChI=1S/C14H18O4/c1-16-12-7-3-6-11(14(12)17-2)13(15)10-5-4-8-18-9-10/h3,6-7,9,13,15H,4-5,8H2,1-2H3. The molecule has 0 aliphatic carbocycles. The molecular formula is C14H18O4. The summed E-state index contributed by atoms with van der Waals surface area (Å²) in [5.74, 6) is 1.19. The maximum absolute atomic E-state index is 10.4. The van der Waals surface area contributed by atoms with Crippen molar-refractivity contribution >= 4 is 0 Å². The molecule has 0 radical (unpaired) electrons. The summed E-state index contributed by atoms with van der Waals surface area (Å²) in [6.45, 7) is 0.714. The van der Waals surface area contributed by atoms with Crippen molar-refractivity contribution in [2.45, 2.75) is 18.9 Å². The Morgan fingerprint density at radius 2 is 2.11 bits per heavy atom. The molecule has 2 rings (SSSR count). The molecule has 0 saturated heterocycles. The quantitative estimate of drug-likeness (QED) is 0.891. The van der Waals surface area contributed by atoms with Crippen LogP contribution in [0, 0.1) is 0 Å². The number of ether oxygens (including phenoxy) is 3. The SMILES string of the molecule is COc1cccc(C(O)C2=COCCC2)c1OC. The molecule has 0 bridgehead atoms. The monoisotopic (exact) mass is 250 g/mol. The highest BCUT2D eigenvalue weighted by atomic mass is 16.5. The Morgan fingerprint density at radius 1 is 1.28 bits per heavy atom. The lowest BCUT2D eigenvalue weighted by molar-refractivity contribution is 0.167. The third kappa shape index (κ3) is 2.43. The first-order valence-electron chi connectivity index (χ1n) is 5.97. The smallest absolute Gasteiger partial charge is 0.166 e. The van der Waals surface area contributed by atoms with Crippen molar-refractivity contribution in [3.05, 3.63) is 35.6 Å². The van der Waals surface area contributed by atoms with Gasteiger partial charge >= 0.3 is 0 Å². The number of rotatable bonds is 4. The van der Waals surface area contributed by atoms with Crippen molar-refractivity contribution in [2.75, 3.05) is 20.8 Å². The molecule has 1 aromatic carbocycles. The molecular weight excluding hydrogens is 232 g/mol. The largest absolute Gasteiger partial charge is 0.501 e. The van der Waals surface area contributed by atoms with Crippen molar-refractivity contribution in [3.63, 3.8) is 0 Å². The minimum absolute atomic E-state index is 0.568. The van der Waals surface area contributed by atoms with Gasteiger partial charge in [-0.1, -0.05) is 12.1 Å². The molecule has 1 aliphatic heterocycles. The molecule has 1 aromatic rings. The van der Waals surface area contributed by atoms with Crippen LogP contribution >= 0.6 is 0 Å². The van der Waals surface area contributed by atoms with E-state index in [-0.39, 0.29) is 0 Å². The van der Waals surface area contributed by atoms with Gasteiger partial charge < -0.3 is 19.3 Å². The second-order valence-corrected chi connectivity index (χ2v) is 4.15. The highest BCUT2D eigenvalue weighted by Gasteiger charge is 2.21. The van der Waals surface area contributed by atoms with Crippen LogP contribution < -0.4 is 9.47 Å². The first-order valence-corrected chi connectivity index (χ1v) is 5.97. The Labute approximate surface area is 107 Å². The molecule has 98 valence electrons. The average molecular weight is 250 g/mol. The van der Waals surface area contributed by atoms with Gasteiger partial charge in [-0.25, -0.2) is 0 Å². The lowest BCUT2D eigenvalue weighted by Crippen LogP contribution is -2.09. The first-order chi connectivity index (χ1) is 8.77. The van der Waals surface area contributed by atoms with Crippen LogP contribution in [-0.4, -0.2) is 25.9 Å². The molecule has 1 atom stereocenters. The van der Waals surface area contributed by atoms with Crippen molar-refractivity contribution in [2.24, 2.45) is 0 Å². The molecule has 4 heteroatoms. The van der Waals surface area contributed by atoms with Gasteiger partial charge in [0.25, 0.3) is 0 Å². The van der Waals surface area contributed by atoms with Crippen LogP contribution in [0.3, 0.4) is 0 Å². The molecule has 0 saturated carbocycles. The fourth-order valence-corrected chi connectivity index (χ4v) is 2.11. The molecule has 0 fully saturated rings. The minimum atomic E-state index is -0.713. The summed E-state index contributed by atoms with van der Waals surface area (Å²) in [5, 5.41) is 10.4. The molecule has 1 N–H and O–H groups in total. The third-order valence-electron chi connectivity index (χ3n) is 3.04. The van der Waals surface area contributed by atoms with Gasteiger partial charge in [0, 0.05) is 5.56 Å². The number of aliphatic hydroxyl groups excluding tert-OH is 1. The van der Waals surface area contributed by atoms with E-state index in [0.29, 0.717) is 23.7 Å². The van der Waals surface area contributed by atoms with E-state index < -0.39 is 6.10 Å². The summed E-state index contributed by atoms with van der Waals surface area (Å²) >= 11 is 0. The molecule has 0 aromatic heterocycles. The summed E-state index contributed by atoms with van der Waals surface area (Å²) in [6, 6.07) is 5.48. The lowest BCUT2D eigenvalue weighted by Gasteiger charge is -2.21. The van der Waals surface area contributed by atoms with E-state index in [1.165, 1.54) is 0 Å². The second-order valence-electron chi connectivity index (χ2n) is 4.15. The van der Waals surface area contributed by atoms with Crippen LogP contribution in [0.4, 0.5) is 0 Å². The maximum atomic E-state index is 10.4. The number of aliphatic hydroxyl groups is 1. The van der Waals surface area contributed by atoms with Gasteiger partial charge in [-0.3, -0.25) is 0 Å². The molecule has 1 heterocycles. The summed E-state index contributed by atoms with van der Waals surface area (Å²) in [4.78, 5) is 0. The zero-order valence-electron chi connectivity index (χ0n) is 10.7. The number of hydrogen-bond acceptors (Lipinski definition) is 4. The van der Waals surface area contributed by atoms with Gasteiger partial charge in [-0.05, 0) is 24.5 Å². The van der Waals surface area contributed by atoms with Gasteiger partial charge in [-0.15, -0.1) is 0 Å². The molecule has 1 unspecified atom stereocenters. The number of methoxy groups -OCH3 is 2. The fourth-order valence-electron chi connectivity index (χ4n) is 2.11. The zero-order valence-corrected chi connectivity index (χ0v) is 10.7. The molecule has 0 amide bonds.